The third-order valence-corrected chi connectivity index (χ3v) is 2.93. The van der Waals surface area contributed by atoms with E-state index in [2.05, 4.69) is 5.32 Å². The fraction of sp³-hybridized carbons (Fsp3) is 0.429. The zero-order valence-electron chi connectivity index (χ0n) is 11.6. The van der Waals surface area contributed by atoms with Gasteiger partial charge in [0.2, 0.25) is 5.91 Å². The molecule has 0 atom stereocenters. The third kappa shape index (κ3) is 5.09. The Balaban J connectivity index is 2.66. The number of carboxylic acid groups (broad SMARTS) is 1. The van der Waals surface area contributed by atoms with Gasteiger partial charge in [0, 0.05) is 6.54 Å². The highest BCUT2D eigenvalue weighted by Gasteiger charge is 2.30. The maximum absolute atomic E-state index is 12.5. The number of halogens is 3. The van der Waals surface area contributed by atoms with Crippen LogP contribution in [0.4, 0.5) is 13.2 Å². The maximum atomic E-state index is 12.5. The molecule has 0 bridgehead atoms. The highest BCUT2D eigenvalue weighted by molar-refractivity contribution is 5.80. The molecule has 0 saturated heterocycles. The van der Waals surface area contributed by atoms with Crippen molar-refractivity contribution < 1.29 is 27.9 Å². The summed E-state index contributed by atoms with van der Waals surface area (Å²) < 4.78 is 37.6. The van der Waals surface area contributed by atoms with Crippen LogP contribution in [0.3, 0.4) is 0 Å². The van der Waals surface area contributed by atoms with Gasteiger partial charge < -0.3 is 10.4 Å². The van der Waals surface area contributed by atoms with Gasteiger partial charge in [0.25, 0.3) is 0 Å². The molecule has 1 aromatic carbocycles. The lowest BCUT2D eigenvalue weighted by Gasteiger charge is -2.19. The highest BCUT2D eigenvalue weighted by atomic mass is 19.4. The van der Waals surface area contributed by atoms with E-state index in [0.29, 0.717) is 0 Å². The minimum Gasteiger partial charge on any atom is -0.481 e. The molecule has 2 N–H and O–H groups in total. The molecule has 7 heteroatoms. The molecule has 0 radical (unpaired) electrons. The SMILES string of the molecule is CC(C)(CNC(=O)Cc1cccc(C(F)(F)F)c1)C(=O)O. The predicted molar refractivity (Wildman–Crippen MR) is 69.6 cm³/mol. The number of nitrogens with one attached hydrogen (secondary N) is 1. The minimum absolute atomic E-state index is 0.0971. The summed E-state index contributed by atoms with van der Waals surface area (Å²) in [6, 6.07) is 4.47. The number of aliphatic carboxylic acids is 1. The molecule has 0 heterocycles. The van der Waals surface area contributed by atoms with Crippen LogP contribution in [0, 0.1) is 5.41 Å². The van der Waals surface area contributed by atoms with Crippen LogP contribution in [0.5, 0.6) is 0 Å². The van der Waals surface area contributed by atoms with Gasteiger partial charge in [0.05, 0.1) is 17.4 Å². The number of benzene rings is 1. The molecule has 0 saturated carbocycles. The summed E-state index contributed by atoms with van der Waals surface area (Å²) in [5, 5.41) is 11.3. The first kappa shape index (κ1) is 17.0. The van der Waals surface area contributed by atoms with Crippen LogP contribution < -0.4 is 5.32 Å². The quantitative estimate of drug-likeness (QED) is 0.878. The molecule has 0 aromatic heterocycles. The molecule has 0 aliphatic rings. The summed E-state index contributed by atoms with van der Waals surface area (Å²) in [5.41, 5.74) is -1.74. The van der Waals surface area contributed by atoms with Gasteiger partial charge in [0.1, 0.15) is 0 Å². The summed E-state index contributed by atoms with van der Waals surface area (Å²) >= 11 is 0. The number of carboxylic acids is 1. The Morgan fingerprint density at radius 2 is 1.86 bits per heavy atom. The zero-order valence-corrected chi connectivity index (χ0v) is 11.6. The molecule has 0 fully saturated rings. The van der Waals surface area contributed by atoms with Gasteiger partial charge in [-0.3, -0.25) is 9.59 Å². The Morgan fingerprint density at radius 3 is 2.38 bits per heavy atom. The molecule has 21 heavy (non-hydrogen) atoms. The monoisotopic (exact) mass is 303 g/mol. The van der Waals surface area contributed by atoms with Gasteiger partial charge >= 0.3 is 12.1 Å². The molecule has 0 unspecified atom stereocenters. The fourth-order valence-corrected chi connectivity index (χ4v) is 1.50. The minimum atomic E-state index is -4.46. The predicted octanol–water partition coefficient (Wildman–Crippen LogP) is 2.47. The Morgan fingerprint density at radius 1 is 1.24 bits per heavy atom. The normalized spacial score (nSPS) is 12.0. The number of carbonyl (C=O) groups excluding carboxylic acids is 1. The number of hydrogen-bond donors (Lipinski definition) is 2. The first-order valence-electron chi connectivity index (χ1n) is 6.18. The van der Waals surface area contributed by atoms with Gasteiger partial charge in [-0.05, 0) is 25.5 Å². The first-order valence-corrected chi connectivity index (χ1v) is 6.18. The first-order chi connectivity index (χ1) is 9.52. The third-order valence-electron chi connectivity index (χ3n) is 2.93. The van der Waals surface area contributed by atoms with Crippen molar-refractivity contribution in [3.8, 4) is 0 Å². The van der Waals surface area contributed by atoms with Gasteiger partial charge in [-0.25, -0.2) is 0 Å². The number of carbonyl (C=O) groups is 2. The van der Waals surface area contributed by atoms with Crippen molar-refractivity contribution in [3.05, 3.63) is 35.4 Å². The smallest absolute Gasteiger partial charge is 0.416 e. The van der Waals surface area contributed by atoms with E-state index in [9.17, 15) is 22.8 Å². The maximum Gasteiger partial charge on any atom is 0.416 e. The Kier molecular flexibility index (Phi) is 4.98. The van der Waals surface area contributed by atoms with Crippen LogP contribution in [-0.4, -0.2) is 23.5 Å². The summed E-state index contributed by atoms with van der Waals surface area (Å²) in [6.07, 6.45) is -4.70. The second kappa shape index (κ2) is 6.15. The van der Waals surface area contributed by atoms with Crippen molar-refractivity contribution >= 4 is 11.9 Å². The molecule has 0 aliphatic heterocycles. The van der Waals surface area contributed by atoms with Crippen molar-refractivity contribution in [1.29, 1.82) is 0 Å². The second-order valence-electron chi connectivity index (χ2n) is 5.34. The summed E-state index contributed by atoms with van der Waals surface area (Å²) in [6.45, 7) is 2.79. The van der Waals surface area contributed by atoms with Crippen molar-refractivity contribution in [2.75, 3.05) is 6.54 Å². The van der Waals surface area contributed by atoms with E-state index >= 15 is 0 Å². The molecule has 0 spiro atoms. The van der Waals surface area contributed by atoms with Gasteiger partial charge in [-0.2, -0.15) is 13.2 Å². The number of alkyl halides is 3. The van der Waals surface area contributed by atoms with Crippen molar-refractivity contribution in [1.82, 2.24) is 5.32 Å². The highest BCUT2D eigenvalue weighted by Crippen LogP contribution is 2.29. The molecule has 0 aliphatic carbocycles. The van der Waals surface area contributed by atoms with E-state index in [0.717, 1.165) is 12.1 Å². The van der Waals surface area contributed by atoms with E-state index in [-0.39, 0.29) is 18.5 Å². The van der Waals surface area contributed by atoms with Gasteiger partial charge in [-0.15, -0.1) is 0 Å². The number of hydrogen-bond acceptors (Lipinski definition) is 2. The van der Waals surface area contributed by atoms with E-state index in [1.807, 2.05) is 0 Å². The average molecular weight is 303 g/mol. The number of rotatable bonds is 5. The van der Waals surface area contributed by atoms with E-state index in [1.165, 1.54) is 26.0 Å². The number of amides is 1. The lowest BCUT2D eigenvalue weighted by molar-refractivity contribution is -0.146. The van der Waals surface area contributed by atoms with E-state index in [4.69, 9.17) is 5.11 Å². The van der Waals surface area contributed by atoms with Crippen LogP contribution in [0.15, 0.2) is 24.3 Å². The summed E-state index contributed by atoms with van der Waals surface area (Å²) in [7, 11) is 0. The van der Waals surface area contributed by atoms with Crippen LogP contribution in [0.1, 0.15) is 25.0 Å². The summed E-state index contributed by atoms with van der Waals surface area (Å²) in [5.74, 6) is -1.59. The van der Waals surface area contributed by atoms with E-state index < -0.39 is 29.0 Å². The molecule has 116 valence electrons. The second-order valence-corrected chi connectivity index (χ2v) is 5.34. The van der Waals surface area contributed by atoms with Crippen molar-refractivity contribution in [2.24, 2.45) is 5.41 Å². The van der Waals surface area contributed by atoms with E-state index in [1.54, 1.807) is 0 Å². The molecule has 1 aromatic rings. The van der Waals surface area contributed by atoms with Crippen LogP contribution in [-0.2, 0) is 22.2 Å². The van der Waals surface area contributed by atoms with Crippen molar-refractivity contribution in [2.45, 2.75) is 26.4 Å². The average Bonchev–Trinajstić information content (AvgIpc) is 2.35. The molecular formula is C14H16F3NO3. The molecule has 1 rings (SSSR count). The van der Waals surface area contributed by atoms with Gasteiger partial charge in [-0.1, -0.05) is 18.2 Å². The molecule has 1 amide bonds. The lowest BCUT2D eigenvalue weighted by Crippen LogP contribution is -2.39. The van der Waals surface area contributed by atoms with Crippen LogP contribution in [0.2, 0.25) is 0 Å². The van der Waals surface area contributed by atoms with Crippen LogP contribution >= 0.6 is 0 Å². The van der Waals surface area contributed by atoms with Crippen molar-refractivity contribution in [3.63, 3.8) is 0 Å². The molecule has 4 nitrogen and oxygen atoms in total. The zero-order chi connectivity index (χ0) is 16.3. The van der Waals surface area contributed by atoms with Gasteiger partial charge in [0.15, 0.2) is 0 Å². The topological polar surface area (TPSA) is 66.4 Å². The largest absolute Gasteiger partial charge is 0.481 e. The Hall–Kier alpha value is -2.05. The van der Waals surface area contributed by atoms with Crippen LogP contribution in [0.25, 0.3) is 0 Å². The lowest BCUT2D eigenvalue weighted by atomic mass is 9.94. The standard InChI is InChI=1S/C14H16F3NO3/c1-13(2,12(20)21)8-18-11(19)7-9-4-3-5-10(6-9)14(15,16)17/h3-6H,7-8H2,1-2H3,(H,18,19)(H,20,21). The Labute approximate surface area is 120 Å². The fourth-order valence-electron chi connectivity index (χ4n) is 1.50. The molecular weight excluding hydrogens is 287 g/mol. The summed E-state index contributed by atoms with van der Waals surface area (Å²) in [4.78, 5) is 22.5. The Bertz CT molecular complexity index is 539.